The number of hydrogen-bond acceptors (Lipinski definition) is 4. The Bertz CT molecular complexity index is 1180. The van der Waals surface area contributed by atoms with Crippen LogP contribution in [-0.4, -0.2) is 37.1 Å². The van der Waals surface area contributed by atoms with Gasteiger partial charge in [0.2, 0.25) is 15.9 Å². The summed E-state index contributed by atoms with van der Waals surface area (Å²) in [4.78, 5) is 27.1. The van der Waals surface area contributed by atoms with Gasteiger partial charge in [-0.05, 0) is 80.6 Å². The van der Waals surface area contributed by atoms with Crippen LogP contribution in [0, 0.1) is 5.82 Å². The van der Waals surface area contributed by atoms with Gasteiger partial charge in [-0.25, -0.2) is 17.7 Å². The number of benzene rings is 2. The lowest BCUT2D eigenvalue weighted by molar-refractivity contribution is -0.122. The van der Waals surface area contributed by atoms with Crippen LogP contribution in [0.4, 0.5) is 10.1 Å². The van der Waals surface area contributed by atoms with Crippen molar-refractivity contribution in [2.75, 3.05) is 11.4 Å². The van der Waals surface area contributed by atoms with Gasteiger partial charge in [-0.15, -0.1) is 0 Å². The number of halogens is 2. The van der Waals surface area contributed by atoms with Crippen LogP contribution in [-0.2, 0) is 19.6 Å². The quantitative estimate of drug-likeness (QED) is 0.377. The Morgan fingerprint density at radius 1 is 1.03 bits per heavy atom. The zero-order valence-electron chi connectivity index (χ0n) is 17.9. The van der Waals surface area contributed by atoms with E-state index in [9.17, 15) is 22.4 Å². The maximum Gasteiger partial charge on any atom is 0.252 e. The van der Waals surface area contributed by atoms with Crippen molar-refractivity contribution in [3.05, 3.63) is 70.5 Å². The second-order valence-corrected chi connectivity index (χ2v) is 11.0. The summed E-state index contributed by atoms with van der Waals surface area (Å²) in [7, 11) is -4.05. The SMILES string of the molecule is O=C1CC(N(CCC2=CCCCC2)S(=O)(=O)c2ccc(Br)cc2)C(=O)N1c1ccc(F)cc1. The minimum Gasteiger partial charge on any atom is -0.274 e. The lowest BCUT2D eigenvalue weighted by Crippen LogP contribution is -2.46. The standard InChI is InChI=1S/C24H24BrFN2O4S/c25-18-6-12-21(13-7-18)33(31,32)27(15-14-17-4-2-1-3-5-17)22-16-23(29)28(24(22)30)20-10-8-19(26)9-11-20/h4,6-13,22H,1-3,5,14-16H2. The minimum atomic E-state index is -4.05. The van der Waals surface area contributed by atoms with Gasteiger partial charge in [0.1, 0.15) is 11.9 Å². The Kier molecular flexibility index (Phi) is 7.11. The average molecular weight is 535 g/mol. The molecular formula is C24H24BrFN2O4S. The third kappa shape index (κ3) is 5.10. The van der Waals surface area contributed by atoms with E-state index < -0.39 is 33.7 Å². The van der Waals surface area contributed by atoms with Crippen LogP contribution >= 0.6 is 15.9 Å². The summed E-state index contributed by atoms with van der Waals surface area (Å²) in [5.41, 5.74) is 1.40. The molecule has 2 aromatic rings. The molecule has 33 heavy (non-hydrogen) atoms. The fourth-order valence-electron chi connectivity index (χ4n) is 4.27. The van der Waals surface area contributed by atoms with Gasteiger partial charge in [-0.3, -0.25) is 9.59 Å². The van der Waals surface area contributed by atoms with Gasteiger partial charge in [-0.2, -0.15) is 4.31 Å². The summed E-state index contributed by atoms with van der Waals surface area (Å²) < 4.78 is 42.4. The summed E-state index contributed by atoms with van der Waals surface area (Å²) >= 11 is 3.31. The van der Waals surface area contributed by atoms with Gasteiger partial charge in [0.15, 0.2) is 0 Å². The van der Waals surface area contributed by atoms with Gasteiger partial charge in [-0.1, -0.05) is 27.6 Å². The number of nitrogens with zero attached hydrogens (tertiary/aromatic N) is 2. The molecule has 1 saturated heterocycles. The Balaban J connectivity index is 1.67. The molecule has 0 aromatic heterocycles. The fourth-order valence-corrected chi connectivity index (χ4v) is 6.12. The third-order valence-electron chi connectivity index (χ3n) is 6.01. The molecule has 2 aliphatic rings. The van der Waals surface area contributed by atoms with E-state index in [1.165, 1.54) is 29.8 Å². The summed E-state index contributed by atoms with van der Waals surface area (Å²) in [6.07, 6.45) is 6.44. The first kappa shape index (κ1) is 23.8. The third-order valence-corrected chi connectivity index (χ3v) is 8.46. The topological polar surface area (TPSA) is 74.8 Å². The number of hydrogen-bond donors (Lipinski definition) is 0. The van der Waals surface area contributed by atoms with Crippen LogP contribution < -0.4 is 4.90 Å². The lowest BCUT2D eigenvalue weighted by atomic mass is 9.97. The maximum absolute atomic E-state index is 13.6. The van der Waals surface area contributed by atoms with Crippen LogP contribution in [0.15, 0.2) is 69.5 Å². The number of allylic oxidation sites excluding steroid dienone is 1. The molecule has 0 N–H and O–H groups in total. The predicted molar refractivity (Wildman–Crippen MR) is 126 cm³/mol. The Hall–Kier alpha value is -2.36. The predicted octanol–water partition coefficient (Wildman–Crippen LogP) is 4.80. The zero-order valence-corrected chi connectivity index (χ0v) is 20.3. The largest absolute Gasteiger partial charge is 0.274 e. The minimum absolute atomic E-state index is 0.0591. The van der Waals surface area contributed by atoms with Gasteiger partial charge in [0, 0.05) is 11.0 Å². The molecule has 1 unspecified atom stereocenters. The fraction of sp³-hybridized carbons (Fsp3) is 0.333. The van der Waals surface area contributed by atoms with Gasteiger partial charge in [0.25, 0.3) is 5.91 Å². The summed E-state index contributed by atoms with van der Waals surface area (Å²) in [5.74, 6) is -1.62. The highest BCUT2D eigenvalue weighted by Gasteiger charge is 2.46. The number of carbonyl (C=O) groups excluding carboxylic acids is 2. The monoisotopic (exact) mass is 534 g/mol. The zero-order chi connectivity index (χ0) is 23.6. The van der Waals surface area contributed by atoms with E-state index in [1.54, 1.807) is 12.1 Å². The molecule has 0 spiro atoms. The van der Waals surface area contributed by atoms with Crippen molar-refractivity contribution in [2.24, 2.45) is 0 Å². The molecule has 9 heteroatoms. The van der Waals surface area contributed by atoms with Crippen molar-refractivity contribution < 1.29 is 22.4 Å². The van der Waals surface area contributed by atoms with Crippen LogP contribution in [0.1, 0.15) is 38.5 Å². The average Bonchev–Trinajstić information content (AvgIpc) is 3.09. The molecule has 2 amide bonds. The summed E-state index contributed by atoms with van der Waals surface area (Å²) in [6.45, 7) is 0.102. The van der Waals surface area contributed by atoms with Crippen molar-refractivity contribution in [2.45, 2.75) is 49.5 Å². The van der Waals surface area contributed by atoms with Gasteiger partial charge in [0.05, 0.1) is 17.0 Å². The van der Waals surface area contributed by atoms with E-state index in [4.69, 9.17) is 0 Å². The first-order valence-electron chi connectivity index (χ1n) is 10.8. The van der Waals surface area contributed by atoms with E-state index in [0.29, 0.717) is 6.42 Å². The Morgan fingerprint density at radius 2 is 1.73 bits per heavy atom. The van der Waals surface area contributed by atoms with Crippen molar-refractivity contribution in [1.29, 1.82) is 0 Å². The first-order chi connectivity index (χ1) is 15.8. The molecule has 174 valence electrons. The Labute approximate surface area is 201 Å². The summed E-state index contributed by atoms with van der Waals surface area (Å²) in [6, 6.07) is 10.1. The maximum atomic E-state index is 13.6. The second kappa shape index (κ2) is 9.87. The van der Waals surface area contributed by atoms with Gasteiger partial charge >= 0.3 is 0 Å². The number of imide groups is 1. The van der Waals surface area contributed by atoms with E-state index >= 15 is 0 Å². The van der Waals surface area contributed by atoms with Gasteiger partial charge < -0.3 is 0 Å². The summed E-state index contributed by atoms with van der Waals surface area (Å²) in [5, 5.41) is 0. The number of sulfonamides is 1. The van der Waals surface area contributed by atoms with Crippen molar-refractivity contribution in [3.8, 4) is 0 Å². The molecule has 1 aliphatic heterocycles. The normalized spacial score (nSPS) is 19.3. The highest BCUT2D eigenvalue weighted by atomic mass is 79.9. The van der Waals surface area contributed by atoms with E-state index in [-0.39, 0.29) is 23.5 Å². The highest BCUT2D eigenvalue weighted by Crippen LogP contribution is 2.31. The lowest BCUT2D eigenvalue weighted by Gasteiger charge is -2.27. The number of amides is 2. The molecule has 0 radical (unpaired) electrons. The smallest absolute Gasteiger partial charge is 0.252 e. The number of carbonyl (C=O) groups is 2. The van der Waals surface area contributed by atoms with E-state index in [1.807, 2.05) is 0 Å². The van der Waals surface area contributed by atoms with Crippen molar-refractivity contribution >= 4 is 43.5 Å². The van der Waals surface area contributed by atoms with Crippen molar-refractivity contribution in [1.82, 2.24) is 4.31 Å². The Morgan fingerprint density at radius 3 is 2.36 bits per heavy atom. The molecule has 1 atom stereocenters. The van der Waals surface area contributed by atoms with E-state index in [0.717, 1.165) is 51.5 Å². The van der Waals surface area contributed by atoms with Crippen molar-refractivity contribution in [3.63, 3.8) is 0 Å². The van der Waals surface area contributed by atoms with Crippen LogP contribution in [0.2, 0.25) is 0 Å². The molecule has 0 bridgehead atoms. The highest BCUT2D eigenvalue weighted by molar-refractivity contribution is 9.10. The molecule has 2 aromatic carbocycles. The van der Waals surface area contributed by atoms with Crippen LogP contribution in [0.5, 0.6) is 0 Å². The molecule has 1 fully saturated rings. The van der Waals surface area contributed by atoms with Crippen LogP contribution in [0.25, 0.3) is 0 Å². The number of rotatable bonds is 7. The first-order valence-corrected chi connectivity index (χ1v) is 13.1. The molecule has 4 rings (SSSR count). The van der Waals surface area contributed by atoms with Crippen LogP contribution in [0.3, 0.4) is 0 Å². The molecule has 1 heterocycles. The molecule has 6 nitrogen and oxygen atoms in total. The number of anilines is 1. The molecule has 0 saturated carbocycles. The van der Waals surface area contributed by atoms with E-state index in [2.05, 4.69) is 22.0 Å². The molecule has 1 aliphatic carbocycles. The molecular weight excluding hydrogens is 511 g/mol. The second-order valence-electron chi connectivity index (χ2n) is 8.19.